The number of benzene rings is 1. The van der Waals surface area contributed by atoms with Crippen LogP contribution in [0.15, 0.2) is 24.3 Å². The first-order valence-corrected chi connectivity index (χ1v) is 6.93. The molecule has 0 aliphatic carbocycles. The Morgan fingerprint density at radius 2 is 1.72 bits per heavy atom. The molecule has 0 heterocycles. The molecule has 1 rings (SSSR count). The fourth-order valence-corrected chi connectivity index (χ4v) is 3.17. The number of likely N-dealkylation sites (N-methyl/N-ethyl adjacent to an activating group) is 2. The molecule has 18 heavy (non-hydrogen) atoms. The molecule has 0 radical (unpaired) electrons. The maximum atomic E-state index is 3.54. The van der Waals surface area contributed by atoms with Crippen molar-refractivity contribution in [2.24, 2.45) is 0 Å². The Morgan fingerprint density at radius 3 is 2.11 bits per heavy atom. The van der Waals surface area contributed by atoms with E-state index in [-0.39, 0.29) is 5.54 Å². The van der Waals surface area contributed by atoms with Crippen molar-refractivity contribution >= 4 is 0 Å². The summed E-state index contributed by atoms with van der Waals surface area (Å²) in [5.41, 5.74) is 2.95. The van der Waals surface area contributed by atoms with E-state index in [0.29, 0.717) is 6.04 Å². The Balaban J connectivity index is 3.27. The van der Waals surface area contributed by atoms with Gasteiger partial charge < -0.3 is 10.2 Å². The number of nitrogens with zero attached hydrogens (tertiary/aromatic N) is 1. The molecule has 1 aromatic rings. The lowest BCUT2D eigenvalue weighted by atomic mass is 9.78. The second-order valence-electron chi connectivity index (χ2n) is 5.28. The van der Waals surface area contributed by atoms with Gasteiger partial charge in [-0.1, -0.05) is 38.1 Å². The van der Waals surface area contributed by atoms with Crippen LogP contribution in [-0.2, 0) is 0 Å². The maximum Gasteiger partial charge on any atom is 0.0506 e. The SMILES string of the molecule is CCC(CC)(C(NC)c1ccccc1C)N(C)C. The molecule has 0 saturated carbocycles. The van der Waals surface area contributed by atoms with Crippen molar-refractivity contribution in [3.63, 3.8) is 0 Å². The number of hydrogen-bond donors (Lipinski definition) is 1. The van der Waals surface area contributed by atoms with Gasteiger partial charge in [0.2, 0.25) is 0 Å². The Hall–Kier alpha value is -0.860. The molecular weight excluding hydrogens is 220 g/mol. The predicted octanol–water partition coefficient (Wildman–Crippen LogP) is 3.38. The number of nitrogens with one attached hydrogen (secondary N) is 1. The zero-order chi connectivity index (χ0) is 13.8. The molecule has 0 aliphatic rings. The molecule has 1 N–H and O–H groups in total. The average molecular weight is 248 g/mol. The van der Waals surface area contributed by atoms with Crippen LogP contribution in [-0.4, -0.2) is 31.6 Å². The molecule has 1 atom stereocenters. The highest BCUT2D eigenvalue weighted by Gasteiger charge is 2.38. The molecule has 1 unspecified atom stereocenters. The van der Waals surface area contributed by atoms with Crippen molar-refractivity contribution in [1.29, 1.82) is 0 Å². The van der Waals surface area contributed by atoms with E-state index in [4.69, 9.17) is 0 Å². The van der Waals surface area contributed by atoms with Gasteiger partial charge in [0.25, 0.3) is 0 Å². The second-order valence-corrected chi connectivity index (χ2v) is 5.28. The fourth-order valence-electron chi connectivity index (χ4n) is 3.17. The quantitative estimate of drug-likeness (QED) is 0.830. The van der Waals surface area contributed by atoms with Crippen molar-refractivity contribution < 1.29 is 0 Å². The highest BCUT2D eigenvalue weighted by molar-refractivity contribution is 5.31. The van der Waals surface area contributed by atoms with Gasteiger partial charge in [-0.25, -0.2) is 0 Å². The molecule has 102 valence electrons. The van der Waals surface area contributed by atoms with Crippen LogP contribution in [0.25, 0.3) is 0 Å². The van der Waals surface area contributed by atoms with E-state index in [2.05, 4.69) is 76.4 Å². The minimum atomic E-state index is 0.168. The summed E-state index contributed by atoms with van der Waals surface area (Å²) in [7, 11) is 6.45. The van der Waals surface area contributed by atoms with Gasteiger partial charge in [0.05, 0.1) is 6.04 Å². The van der Waals surface area contributed by atoms with E-state index in [1.165, 1.54) is 11.1 Å². The Morgan fingerprint density at radius 1 is 1.17 bits per heavy atom. The molecule has 0 amide bonds. The predicted molar refractivity (Wildman–Crippen MR) is 80.0 cm³/mol. The minimum absolute atomic E-state index is 0.168. The van der Waals surface area contributed by atoms with Gasteiger partial charge in [0.15, 0.2) is 0 Å². The van der Waals surface area contributed by atoms with E-state index < -0.39 is 0 Å². The van der Waals surface area contributed by atoms with Crippen molar-refractivity contribution in [2.45, 2.75) is 45.2 Å². The van der Waals surface area contributed by atoms with E-state index in [1.54, 1.807) is 0 Å². The average Bonchev–Trinajstić information content (AvgIpc) is 2.37. The third-order valence-corrected chi connectivity index (χ3v) is 4.44. The lowest BCUT2D eigenvalue weighted by molar-refractivity contribution is 0.0915. The first-order chi connectivity index (χ1) is 8.53. The maximum absolute atomic E-state index is 3.54. The van der Waals surface area contributed by atoms with E-state index >= 15 is 0 Å². The third-order valence-electron chi connectivity index (χ3n) is 4.44. The summed E-state index contributed by atoms with van der Waals surface area (Å²) in [6, 6.07) is 9.06. The third kappa shape index (κ3) is 2.60. The molecule has 0 spiro atoms. The standard InChI is InChI=1S/C16H28N2/c1-7-16(8-2,18(5)6)15(17-4)14-12-10-9-11-13(14)3/h9-12,15,17H,7-8H2,1-6H3. The summed E-state index contributed by atoms with van der Waals surface area (Å²) in [5, 5.41) is 3.54. The smallest absolute Gasteiger partial charge is 0.0506 e. The molecule has 0 saturated heterocycles. The number of hydrogen-bond acceptors (Lipinski definition) is 2. The zero-order valence-electron chi connectivity index (χ0n) is 12.7. The van der Waals surface area contributed by atoms with Crippen molar-refractivity contribution in [2.75, 3.05) is 21.1 Å². The summed E-state index contributed by atoms with van der Waals surface area (Å²) < 4.78 is 0. The molecule has 1 aromatic carbocycles. The van der Waals surface area contributed by atoms with Crippen LogP contribution in [0.5, 0.6) is 0 Å². The Labute approximate surface area is 112 Å². The first kappa shape index (κ1) is 15.2. The molecule has 0 aliphatic heterocycles. The van der Waals surface area contributed by atoms with Crippen LogP contribution in [0.2, 0.25) is 0 Å². The molecule has 0 fully saturated rings. The highest BCUT2D eigenvalue weighted by atomic mass is 15.2. The molecule has 2 nitrogen and oxygen atoms in total. The summed E-state index contributed by atoms with van der Waals surface area (Å²) >= 11 is 0. The lowest BCUT2D eigenvalue weighted by Crippen LogP contribution is -2.52. The van der Waals surface area contributed by atoms with E-state index in [9.17, 15) is 0 Å². The monoisotopic (exact) mass is 248 g/mol. The Bertz CT molecular complexity index is 367. The van der Waals surface area contributed by atoms with Crippen LogP contribution in [0.4, 0.5) is 0 Å². The minimum Gasteiger partial charge on any atom is -0.311 e. The zero-order valence-corrected chi connectivity index (χ0v) is 12.7. The number of aryl methyl sites for hydroxylation is 1. The summed E-state index contributed by atoms with van der Waals surface area (Å²) in [4.78, 5) is 2.38. The van der Waals surface area contributed by atoms with E-state index in [1.807, 2.05) is 0 Å². The second kappa shape index (κ2) is 6.35. The lowest BCUT2D eigenvalue weighted by Gasteiger charge is -2.45. The van der Waals surface area contributed by atoms with Crippen LogP contribution in [0, 0.1) is 6.92 Å². The molecule has 0 bridgehead atoms. The van der Waals surface area contributed by atoms with Crippen LogP contribution in [0.3, 0.4) is 0 Å². The molecule has 2 heteroatoms. The normalized spacial score (nSPS) is 13.9. The summed E-state index contributed by atoms with van der Waals surface area (Å²) in [6.07, 6.45) is 2.27. The van der Waals surface area contributed by atoms with Crippen LogP contribution < -0.4 is 5.32 Å². The van der Waals surface area contributed by atoms with Crippen molar-refractivity contribution in [1.82, 2.24) is 10.2 Å². The topological polar surface area (TPSA) is 15.3 Å². The highest BCUT2D eigenvalue weighted by Crippen LogP contribution is 2.36. The first-order valence-electron chi connectivity index (χ1n) is 6.93. The van der Waals surface area contributed by atoms with Gasteiger partial charge in [-0.3, -0.25) is 0 Å². The van der Waals surface area contributed by atoms with Crippen LogP contribution in [0.1, 0.15) is 43.9 Å². The fraction of sp³-hybridized carbons (Fsp3) is 0.625. The van der Waals surface area contributed by atoms with Crippen LogP contribution >= 0.6 is 0 Å². The summed E-state index contributed by atoms with van der Waals surface area (Å²) in [5.74, 6) is 0. The van der Waals surface area contributed by atoms with Gasteiger partial charge in [0.1, 0.15) is 0 Å². The van der Waals surface area contributed by atoms with Crippen molar-refractivity contribution in [3.05, 3.63) is 35.4 Å². The Kier molecular flexibility index (Phi) is 5.36. The van der Waals surface area contributed by atoms with Crippen molar-refractivity contribution in [3.8, 4) is 0 Å². The van der Waals surface area contributed by atoms with Gasteiger partial charge in [0, 0.05) is 5.54 Å². The molecular formula is C16H28N2. The van der Waals surface area contributed by atoms with Gasteiger partial charge >= 0.3 is 0 Å². The largest absolute Gasteiger partial charge is 0.311 e. The van der Waals surface area contributed by atoms with Gasteiger partial charge in [-0.15, -0.1) is 0 Å². The summed E-state index contributed by atoms with van der Waals surface area (Å²) in [6.45, 7) is 6.77. The van der Waals surface area contributed by atoms with Gasteiger partial charge in [-0.05, 0) is 52.0 Å². The molecule has 0 aromatic heterocycles. The number of rotatable bonds is 6. The van der Waals surface area contributed by atoms with Gasteiger partial charge in [-0.2, -0.15) is 0 Å². The van der Waals surface area contributed by atoms with E-state index in [0.717, 1.165) is 12.8 Å².